The zero-order valence-electron chi connectivity index (χ0n) is 12.7. The first-order valence-electron chi connectivity index (χ1n) is 7.28. The van der Waals surface area contributed by atoms with Gasteiger partial charge in [-0.25, -0.2) is 9.48 Å². The van der Waals surface area contributed by atoms with Crippen molar-refractivity contribution in [3.8, 4) is 0 Å². The number of carbonyl (C=O) groups excluding carboxylic acids is 2. The second-order valence-electron chi connectivity index (χ2n) is 5.11. The number of hydrogen-bond donors (Lipinski definition) is 1. The van der Waals surface area contributed by atoms with Gasteiger partial charge in [0.1, 0.15) is 5.69 Å². The predicted octanol–water partition coefficient (Wildman–Crippen LogP) is 0.131. The van der Waals surface area contributed by atoms with Crippen LogP contribution in [0.3, 0.4) is 0 Å². The fourth-order valence-corrected chi connectivity index (χ4v) is 2.30. The van der Waals surface area contributed by atoms with E-state index < -0.39 is 0 Å². The predicted molar refractivity (Wildman–Crippen MR) is 78.6 cm³/mol. The molecule has 0 aliphatic carbocycles. The van der Waals surface area contributed by atoms with Crippen LogP contribution in [-0.2, 0) is 11.8 Å². The summed E-state index contributed by atoms with van der Waals surface area (Å²) in [4.78, 5) is 36.6. The van der Waals surface area contributed by atoms with Crippen LogP contribution in [0.25, 0.3) is 0 Å². The molecule has 1 aliphatic rings. The van der Waals surface area contributed by atoms with Crippen LogP contribution in [0.5, 0.6) is 0 Å². The second kappa shape index (κ2) is 7.06. The molecule has 22 heavy (non-hydrogen) atoms. The minimum atomic E-state index is -0.315. The van der Waals surface area contributed by atoms with Crippen molar-refractivity contribution in [1.82, 2.24) is 20.0 Å². The molecule has 2 rings (SSSR count). The van der Waals surface area contributed by atoms with E-state index in [0.29, 0.717) is 32.5 Å². The van der Waals surface area contributed by atoms with Crippen LogP contribution in [0, 0.1) is 0 Å². The van der Waals surface area contributed by atoms with Gasteiger partial charge in [0, 0.05) is 32.2 Å². The maximum Gasteiger partial charge on any atom is 0.409 e. The zero-order chi connectivity index (χ0) is 16.1. The van der Waals surface area contributed by atoms with Crippen LogP contribution in [0.2, 0.25) is 0 Å². The number of likely N-dealkylation sites (tertiary alicyclic amines) is 1. The standard InChI is InChI=1S/C14H20N4O4/c1-3-22-14(21)18-8-6-10(7-9-18)15-13(20)11-4-5-12(19)17(2)16-11/h4-5,10H,3,6-9H2,1-2H3,(H,15,20). The SMILES string of the molecule is CCOC(=O)N1CCC(NC(=O)c2ccc(=O)n(C)n2)CC1. The Balaban J connectivity index is 1.87. The van der Waals surface area contributed by atoms with Gasteiger partial charge in [0.25, 0.3) is 11.5 Å². The van der Waals surface area contributed by atoms with E-state index in [1.165, 1.54) is 19.2 Å². The quantitative estimate of drug-likeness (QED) is 0.856. The number of rotatable bonds is 3. The summed E-state index contributed by atoms with van der Waals surface area (Å²) in [6, 6.07) is 2.70. The molecule has 0 atom stereocenters. The van der Waals surface area contributed by atoms with E-state index in [1.54, 1.807) is 11.8 Å². The summed E-state index contributed by atoms with van der Waals surface area (Å²) < 4.78 is 6.07. The van der Waals surface area contributed by atoms with Crippen molar-refractivity contribution in [3.63, 3.8) is 0 Å². The lowest BCUT2D eigenvalue weighted by molar-refractivity contribution is 0.0855. The topological polar surface area (TPSA) is 93.5 Å². The van der Waals surface area contributed by atoms with Crippen molar-refractivity contribution in [2.45, 2.75) is 25.8 Å². The molecule has 2 heterocycles. The largest absolute Gasteiger partial charge is 0.450 e. The number of ether oxygens (including phenoxy) is 1. The van der Waals surface area contributed by atoms with Crippen LogP contribution >= 0.6 is 0 Å². The lowest BCUT2D eigenvalue weighted by Gasteiger charge is -2.31. The summed E-state index contributed by atoms with van der Waals surface area (Å²) in [5.41, 5.74) is -0.0609. The lowest BCUT2D eigenvalue weighted by atomic mass is 10.1. The number of piperidine rings is 1. The van der Waals surface area contributed by atoms with E-state index >= 15 is 0 Å². The fraction of sp³-hybridized carbons (Fsp3) is 0.571. The zero-order valence-corrected chi connectivity index (χ0v) is 12.7. The second-order valence-corrected chi connectivity index (χ2v) is 5.11. The Labute approximate surface area is 128 Å². The van der Waals surface area contributed by atoms with Crippen LogP contribution in [0.15, 0.2) is 16.9 Å². The molecule has 120 valence electrons. The van der Waals surface area contributed by atoms with Gasteiger partial charge >= 0.3 is 6.09 Å². The Kier molecular flexibility index (Phi) is 5.13. The van der Waals surface area contributed by atoms with Gasteiger partial charge in [-0.05, 0) is 25.8 Å². The molecule has 1 aliphatic heterocycles. The highest BCUT2D eigenvalue weighted by molar-refractivity contribution is 5.92. The highest BCUT2D eigenvalue weighted by atomic mass is 16.6. The molecule has 0 saturated carbocycles. The van der Waals surface area contributed by atoms with E-state index in [0.717, 1.165) is 4.68 Å². The van der Waals surface area contributed by atoms with Gasteiger partial charge in [-0.15, -0.1) is 0 Å². The van der Waals surface area contributed by atoms with Crippen molar-refractivity contribution in [2.75, 3.05) is 19.7 Å². The van der Waals surface area contributed by atoms with E-state index in [4.69, 9.17) is 4.74 Å². The highest BCUT2D eigenvalue weighted by Crippen LogP contribution is 2.12. The van der Waals surface area contributed by atoms with Crippen molar-refractivity contribution in [2.24, 2.45) is 7.05 Å². The molecule has 2 amide bonds. The number of aryl methyl sites for hydroxylation is 1. The summed E-state index contributed by atoms with van der Waals surface area (Å²) >= 11 is 0. The number of carbonyl (C=O) groups is 2. The summed E-state index contributed by atoms with van der Waals surface area (Å²) in [6.07, 6.45) is 1.01. The molecule has 1 fully saturated rings. The monoisotopic (exact) mass is 308 g/mol. The van der Waals surface area contributed by atoms with Crippen LogP contribution in [0.4, 0.5) is 4.79 Å². The molecule has 1 aromatic rings. The maximum absolute atomic E-state index is 12.1. The summed E-state index contributed by atoms with van der Waals surface area (Å²) in [7, 11) is 1.50. The van der Waals surface area contributed by atoms with Crippen molar-refractivity contribution in [3.05, 3.63) is 28.2 Å². The van der Waals surface area contributed by atoms with Gasteiger partial charge in [-0.2, -0.15) is 5.10 Å². The van der Waals surface area contributed by atoms with Gasteiger partial charge < -0.3 is 15.0 Å². The normalized spacial score (nSPS) is 15.5. The molecule has 0 spiro atoms. The van der Waals surface area contributed by atoms with Crippen LogP contribution in [-0.4, -0.2) is 52.4 Å². The molecular weight excluding hydrogens is 288 g/mol. The first-order valence-corrected chi connectivity index (χ1v) is 7.28. The number of nitrogens with zero attached hydrogens (tertiary/aromatic N) is 3. The first-order chi connectivity index (χ1) is 10.5. The third kappa shape index (κ3) is 3.84. The molecule has 1 N–H and O–H groups in total. The van der Waals surface area contributed by atoms with Crippen LogP contribution in [0.1, 0.15) is 30.3 Å². The molecule has 0 aromatic carbocycles. The maximum atomic E-state index is 12.1. The van der Waals surface area contributed by atoms with E-state index in [9.17, 15) is 14.4 Å². The molecule has 0 radical (unpaired) electrons. The van der Waals surface area contributed by atoms with Gasteiger partial charge in [0.05, 0.1) is 6.61 Å². The third-order valence-corrected chi connectivity index (χ3v) is 3.55. The van der Waals surface area contributed by atoms with Crippen molar-refractivity contribution >= 4 is 12.0 Å². The minimum absolute atomic E-state index is 0.0165. The highest BCUT2D eigenvalue weighted by Gasteiger charge is 2.25. The molecule has 1 saturated heterocycles. The van der Waals surface area contributed by atoms with Gasteiger partial charge in [-0.3, -0.25) is 9.59 Å². The Morgan fingerprint density at radius 1 is 1.36 bits per heavy atom. The summed E-state index contributed by atoms with van der Waals surface area (Å²) in [6.45, 7) is 3.22. The van der Waals surface area contributed by atoms with E-state index in [-0.39, 0.29) is 29.3 Å². The molecular formula is C14H20N4O4. The number of amides is 2. The van der Waals surface area contributed by atoms with Crippen molar-refractivity contribution in [1.29, 1.82) is 0 Å². The summed E-state index contributed by atoms with van der Waals surface area (Å²) in [5.74, 6) is -0.315. The Morgan fingerprint density at radius 2 is 2.05 bits per heavy atom. The smallest absolute Gasteiger partial charge is 0.409 e. The van der Waals surface area contributed by atoms with Crippen molar-refractivity contribution < 1.29 is 14.3 Å². The Bertz CT molecular complexity index is 605. The summed E-state index contributed by atoms with van der Waals surface area (Å²) in [5, 5.41) is 6.79. The molecule has 8 heteroatoms. The van der Waals surface area contributed by atoms with E-state index in [2.05, 4.69) is 10.4 Å². The van der Waals surface area contributed by atoms with E-state index in [1.807, 2.05) is 0 Å². The first kappa shape index (κ1) is 16.0. The van der Waals surface area contributed by atoms with Gasteiger partial charge in [-0.1, -0.05) is 0 Å². The molecule has 0 bridgehead atoms. The molecule has 0 unspecified atom stereocenters. The van der Waals surface area contributed by atoms with Gasteiger partial charge in [0.2, 0.25) is 0 Å². The minimum Gasteiger partial charge on any atom is -0.450 e. The Hall–Kier alpha value is -2.38. The Morgan fingerprint density at radius 3 is 2.64 bits per heavy atom. The van der Waals surface area contributed by atoms with Crippen LogP contribution < -0.4 is 10.9 Å². The average Bonchev–Trinajstić information content (AvgIpc) is 2.51. The average molecular weight is 308 g/mol. The molecule has 1 aromatic heterocycles. The van der Waals surface area contributed by atoms with Gasteiger partial charge in [0.15, 0.2) is 0 Å². The number of nitrogens with one attached hydrogen (secondary N) is 1. The molecule has 8 nitrogen and oxygen atoms in total. The fourth-order valence-electron chi connectivity index (χ4n) is 2.30. The number of hydrogen-bond acceptors (Lipinski definition) is 5. The lowest BCUT2D eigenvalue weighted by Crippen LogP contribution is -2.47. The number of aromatic nitrogens is 2. The third-order valence-electron chi connectivity index (χ3n) is 3.55.